The molecule has 1 amide bonds. The molecule has 3 heterocycles. The van der Waals surface area contributed by atoms with Gasteiger partial charge in [0.05, 0.1) is 11.0 Å². The number of aromatic nitrogens is 4. The van der Waals surface area contributed by atoms with Gasteiger partial charge in [0.15, 0.2) is 0 Å². The number of likely N-dealkylation sites (tertiary alicyclic amines) is 1. The average Bonchev–Trinajstić information content (AvgIpc) is 3.25. The van der Waals surface area contributed by atoms with Crippen molar-refractivity contribution in [3.05, 3.63) is 47.5 Å². The summed E-state index contributed by atoms with van der Waals surface area (Å²) in [5.74, 6) is -0.0352. The van der Waals surface area contributed by atoms with E-state index in [9.17, 15) is 9.59 Å². The molecule has 2 aromatic heterocycles. The van der Waals surface area contributed by atoms with Crippen LogP contribution in [0.15, 0.2) is 30.5 Å². The van der Waals surface area contributed by atoms with Crippen LogP contribution in [0, 0.1) is 6.92 Å². The van der Waals surface area contributed by atoms with Crippen LogP contribution in [0.1, 0.15) is 40.6 Å². The van der Waals surface area contributed by atoms with Gasteiger partial charge in [0.25, 0.3) is 5.91 Å². The number of benzene rings is 1. The lowest BCUT2D eigenvalue weighted by Crippen LogP contribution is -2.39. The van der Waals surface area contributed by atoms with Crippen molar-refractivity contribution in [3.8, 4) is 0 Å². The third-order valence-electron chi connectivity index (χ3n) is 5.01. The van der Waals surface area contributed by atoms with Crippen molar-refractivity contribution in [3.63, 3.8) is 0 Å². The number of carboxylic acid groups (broad SMARTS) is 1. The van der Waals surface area contributed by atoms with Crippen molar-refractivity contribution in [2.45, 2.75) is 32.2 Å². The maximum Gasteiger partial charge on any atom is 0.325 e. The maximum atomic E-state index is 13.0. The molecule has 0 unspecified atom stereocenters. The standard InChI is InChI=1S/C19H21N5O3/c1-12-21-15-5-4-13(9-16(15)22-12)19(27)23-8-2-3-14(10-23)17-6-7-20-24(17)11-18(25)26/h4-7,9,14H,2-3,8,10-11H2,1H3,(H,21,22)(H,25,26)/t14-/m0/s1. The number of hydrogen-bond acceptors (Lipinski definition) is 4. The number of carbonyl (C=O) groups excluding carboxylic acids is 1. The molecular weight excluding hydrogens is 346 g/mol. The summed E-state index contributed by atoms with van der Waals surface area (Å²) in [7, 11) is 0. The first-order valence-corrected chi connectivity index (χ1v) is 9.00. The molecule has 1 aromatic carbocycles. The van der Waals surface area contributed by atoms with E-state index in [1.165, 1.54) is 4.68 Å². The molecule has 1 saturated heterocycles. The molecule has 140 valence electrons. The number of carbonyl (C=O) groups is 2. The quantitative estimate of drug-likeness (QED) is 0.735. The minimum absolute atomic E-state index is 0.0156. The maximum absolute atomic E-state index is 13.0. The number of nitrogens with one attached hydrogen (secondary N) is 1. The predicted octanol–water partition coefficient (Wildman–Crippen LogP) is 2.17. The normalized spacial score (nSPS) is 17.4. The van der Waals surface area contributed by atoms with Crippen LogP contribution in [0.2, 0.25) is 0 Å². The van der Waals surface area contributed by atoms with E-state index >= 15 is 0 Å². The first kappa shape index (κ1) is 17.3. The molecule has 4 rings (SSSR count). The fourth-order valence-corrected chi connectivity index (χ4v) is 3.81. The number of H-pyrrole nitrogens is 1. The zero-order valence-electron chi connectivity index (χ0n) is 15.1. The van der Waals surface area contributed by atoms with Gasteiger partial charge in [-0.2, -0.15) is 5.10 Å². The van der Waals surface area contributed by atoms with E-state index < -0.39 is 5.97 Å². The van der Waals surface area contributed by atoms with Gasteiger partial charge in [-0.25, -0.2) is 4.98 Å². The Morgan fingerprint density at radius 2 is 2.19 bits per heavy atom. The smallest absolute Gasteiger partial charge is 0.325 e. The molecule has 1 aliphatic heterocycles. The predicted molar refractivity (Wildman–Crippen MR) is 98.6 cm³/mol. The lowest BCUT2D eigenvalue weighted by atomic mass is 9.94. The summed E-state index contributed by atoms with van der Waals surface area (Å²) < 4.78 is 1.51. The van der Waals surface area contributed by atoms with Crippen molar-refractivity contribution >= 4 is 22.9 Å². The fourth-order valence-electron chi connectivity index (χ4n) is 3.81. The van der Waals surface area contributed by atoms with E-state index in [1.807, 2.05) is 36.1 Å². The minimum Gasteiger partial charge on any atom is -0.480 e. The first-order valence-electron chi connectivity index (χ1n) is 9.00. The molecule has 1 fully saturated rings. The Balaban J connectivity index is 1.54. The molecule has 2 N–H and O–H groups in total. The Bertz CT molecular complexity index is 1010. The average molecular weight is 367 g/mol. The Morgan fingerprint density at radius 1 is 1.33 bits per heavy atom. The molecular formula is C19H21N5O3. The number of aliphatic carboxylic acids is 1. The minimum atomic E-state index is -0.924. The van der Waals surface area contributed by atoms with Crippen molar-refractivity contribution < 1.29 is 14.7 Å². The van der Waals surface area contributed by atoms with E-state index in [1.54, 1.807) is 6.20 Å². The summed E-state index contributed by atoms with van der Waals surface area (Å²) in [6, 6.07) is 7.36. The number of hydrogen-bond donors (Lipinski definition) is 2. The first-order chi connectivity index (χ1) is 13.0. The zero-order valence-corrected chi connectivity index (χ0v) is 15.1. The number of imidazole rings is 1. The van der Waals surface area contributed by atoms with Crippen LogP contribution < -0.4 is 0 Å². The number of rotatable bonds is 4. The van der Waals surface area contributed by atoms with Crippen LogP contribution in [0.5, 0.6) is 0 Å². The number of aromatic amines is 1. The van der Waals surface area contributed by atoms with Gasteiger partial charge >= 0.3 is 5.97 Å². The van der Waals surface area contributed by atoms with E-state index in [-0.39, 0.29) is 18.4 Å². The molecule has 3 aromatic rings. The highest BCUT2D eigenvalue weighted by Gasteiger charge is 2.28. The monoisotopic (exact) mass is 367 g/mol. The van der Waals surface area contributed by atoms with E-state index in [2.05, 4.69) is 15.1 Å². The van der Waals surface area contributed by atoms with Gasteiger partial charge in [-0.15, -0.1) is 0 Å². The van der Waals surface area contributed by atoms with Crippen LogP contribution in [0.4, 0.5) is 0 Å². The molecule has 8 nitrogen and oxygen atoms in total. The highest BCUT2D eigenvalue weighted by atomic mass is 16.4. The SMILES string of the molecule is Cc1nc2ccc(C(=O)N3CCC[C@H](c4ccnn4CC(=O)O)C3)cc2[nH]1. The summed E-state index contributed by atoms with van der Waals surface area (Å²) in [5.41, 5.74) is 3.20. The summed E-state index contributed by atoms with van der Waals surface area (Å²) in [4.78, 5) is 33.4. The van der Waals surface area contributed by atoms with Crippen LogP contribution in [0.25, 0.3) is 11.0 Å². The van der Waals surface area contributed by atoms with Crippen molar-refractivity contribution in [1.29, 1.82) is 0 Å². The van der Waals surface area contributed by atoms with E-state index in [0.717, 1.165) is 35.4 Å². The van der Waals surface area contributed by atoms with Crippen LogP contribution in [-0.2, 0) is 11.3 Å². The largest absolute Gasteiger partial charge is 0.480 e. The van der Waals surface area contributed by atoms with Gasteiger partial charge in [0.1, 0.15) is 12.4 Å². The van der Waals surface area contributed by atoms with Gasteiger partial charge in [-0.1, -0.05) is 0 Å². The number of amides is 1. The lowest BCUT2D eigenvalue weighted by molar-refractivity contribution is -0.137. The number of fused-ring (bicyclic) bond motifs is 1. The molecule has 0 saturated carbocycles. The van der Waals surface area contributed by atoms with Crippen molar-refractivity contribution in [2.75, 3.05) is 13.1 Å². The zero-order chi connectivity index (χ0) is 19.0. The second-order valence-electron chi connectivity index (χ2n) is 6.95. The Hall–Kier alpha value is -3.16. The Labute approximate surface area is 155 Å². The van der Waals surface area contributed by atoms with Gasteiger partial charge < -0.3 is 15.0 Å². The summed E-state index contributed by atoms with van der Waals surface area (Å²) >= 11 is 0. The molecule has 0 aliphatic carbocycles. The Morgan fingerprint density at radius 3 is 3.00 bits per heavy atom. The van der Waals surface area contributed by atoms with Gasteiger partial charge in [-0.3, -0.25) is 14.3 Å². The molecule has 27 heavy (non-hydrogen) atoms. The fraction of sp³-hybridized carbons (Fsp3) is 0.368. The molecule has 1 aliphatic rings. The topological polar surface area (TPSA) is 104 Å². The van der Waals surface area contributed by atoms with Crippen LogP contribution >= 0.6 is 0 Å². The second-order valence-corrected chi connectivity index (χ2v) is 6.95. The van der Waals surface area contributed by atoms with Crippen molar-refractivity contribution in [1.82, 2.24) is 24.6 Å². The summed E-state index contributed by atoms with van der Waals surface area (Å²) in [6.45, 7) is 2.98. The summed E-state index contributed by atoms with van der Waals surface area (Å²) in [6.07, 6.45) is 3.40. The lowest BCUT2D eigenvalue weighted by Gasteiger charge is -2.33. The number of carboxylic acids is 1. The Kier molecular flexibility index (Phi) is 4.39. The van der Waals surface area contributed by atoms with Gasteiger partial charge in [0, 0.05) is 36.5 Å². The highest BCUT2D eigenvalue weighted by Crippen LogP contribution is 2.28. The van der Waals surface area contributed by atoms with E-state index in [0.29, 0.717) is 18.7 Å². The van der Waals surface area contributed by atoms with Gasteiger partial charge in [0.2, 0.25) is 0 Å². The molecule has 0 radical (unpaired) electrons. The van der Waals surface area contributed by atoms with Gasteiger partial charge in [-0.05, 0) is 44.0 Å². The van der Waals surface area contributed by atoms with Crippen LogP contribution in [0.3, 0.4) is 0 Å². The molecule has 0 bridgehead atoms. The second kappa shape index (κ2) is 6.86. The van der Waals surface area contributed by atoms with Crippen LogP contribution in [-0.4, -0.2) is 54.7 Å². The molecule has 8 heteroatoms. The molecule has 1 atom stereocenters. The molecule has 0 spiro atoms. The van der Waals surface area contributed by atoms with E-state index in [4.69, 9.17) is 5.11 Å². The number of aryl methyl sites for hydroxylation is 1. The number of piperidine rings is 1. The highest BCUT2D eigenvalue weighted by molar-refractivity contribution is 5.97. The van der Waals surface area contributed by atoms with Crippen molar-refractivity contribution in [2.24, 2.45) is 0 Å². The summed E-state index contributed by atoms with van der Waals surface area (Å²) in [5, 5.41) is 13.2. The third kappa shape index (κ3) is 3.42. The third-order valence-corrected chi connectivity index (χ3v) is 5.01. The number of nitrogens with zero attached hydrogens (tertiary/aromatic N) is 4.